The van der Waals surface area contributed by atoms with Gasteiger partial charge in [-0.25, -0.2) is 4.21 Å². The van der Waals surface area contributed by atoms with Crippen molar-refractivity contribution in [2.45, 2.75) is 6.61 Å². The molecule has 0 aliphatic rings. The first kappa shape index (κ1) is 11.9. The molecular weight excluding hydrogens is 226 g/mol. The van der Waals surface area contributed by atoms with Gasteiger partial charge in [-0.15, -0.1) is 0 Å². The van der Waals surface area contributed by atoms with E-state index in [0.717, 1.165) is 11.6 Å². The zero-order valence-electron chi connectivity index (χ0n) is 7.89. The second kappa shape index (κ2) is 4.59. The van der Waals surface area contributed by atoms with Gasteiger partial charge in [-0.3, -0.25) is 0 Å². The smallest absolute Gasteiger partial charge is 0.387 e. The van der Waals surface area contributed by atoms with Crippen LogP contribution in [0.15, 0.2) is 24.3 Å². The number of ether oxygens (including phenoxy) is 1. The molecule has 0 aromatic heterocycles. The Balaban J connectivity index is 2.99. The van der Waals surface area contributed by atoms with E-state index in [4.69, 9.17) is 4.55 Å². The van der Waals surface area contributed by atoms with Crippen LogP contribution < -0.4 is 4.74 Å². The molecule has 0 aliphatic heterocycles. The molecule has 6 heteroatoms. The van der Waals surface area contributed by atoms with E-state index in [1.165, 1.54) is 24.3 Å². The van der Waals surface area contributed by atoms with Crippen LogP contribution in [0.2, 0.25) is 0 Å². The minimum Gasteiger partial charge on any atom is -0.435 e. The number of hydrogen-bond acceptors (Lipinski definition) is 2. The van der Waals surface area contributed by atoms with Gasteiger partial charge in [-0.2, -0.15) is 8.78 Å². The van der Waals surface area contributed by atoms with Crippen LogP contribution in [0.4, 0.5) is 8.78 Å². The van der Waals surface area contributed by atoms with Gasteiger partial charge in [0.1, 0.15) is 5.75 Å². The van der Waals surface area contributed by atoms with Crippen molar-refractivity contribution in [3.8, 4) is 5.75 Å². The molecule has 1 unspecified atom stereocenters. The largest absolute Gasteiger partial charge is 0.435 e. The van der Waals surface area contributed by atoms with Crippen LogP contribution >= 0.6 is 0 Å². The summed E-state index contributed by atoms with van der Waals surface area (Å²) in [6, 6.07) is 5.61. The van der Waals surface area contributed by atoms with Crippen molar-refractivity contribution in [2.75, 3.05) is 6.26 Å². The van der Waals surface area contributed by atoms with Gasteiger partial charge in [0.2, 0.25) is 0 Å². The third-order valence-corrected chi connectivity index (χ3v) is 2.15. The molecule has 15 heavy (non-hydrogen) atoms. The zero-order chi connectivity index (χ0) is 11.5. The SMILES string of the molecule is CS(=O)(O)=Cc1cccc(OC(F)F)c1. The van der Waals surface area contributed by atoms with Crippen LogP contribution in [0.5, 0.6) is 5.75 Å². The molecule has 3 nitrogen and oxygen atoms in total. The highest BCUT2D eigenvalue weighted by Crippen LogP contribution is 2.14. The fraction of sp³-hybridized carbons (Fsp3) is 0.222. The lowest BCUT2D eigenvalue weighted by molar-refractivity contribution is -0.0498. The van der Waals surface area contributed by atoms with Crippen LogP contribution in [0.25, 0.3) is 0 Å². The summed E-state index contributed by atoms with van der Waals surface area (Å²) in [5, 5.41) is 1.09. The number of alkyl halides is 2. The second-order valence-corrected chi connectivity index (χ2v) is 4.89. The van der Waals surface area contributed by atoms with Gasteiger partial charge in [-0.05, 0) is 17.7 Å². The van der Waals surface area contributed by atoms with Crippen molar-refractivity contribution in [3.05, 3.63) is 29.8 Å². The fourth-order valence-electron chi connectivity index (χ4n) is 1.02. The molecule has 1 rings (SSSR count). The Hall–Kier alpha value is -1.14. The van der Waals surface area contributed by atoms with Gasteiger partial charge >= 0.3 is 6.61 Å². The lowest BCUT2D eigenvalue weighted by Gasteiger charge is -2.04. The van der Waals surface area contributed by atoms with E-state index < -0.39 is 16.4 Å². The Labute approximate surface area is 86.5 Å². The highest BCUT2D eigenvalue weighted by molar-refractivity contribution is 7.95. The van der Waals surface area contributed by atoms with E-state index in [2.05, 4.69) is 4.74 Å². The van der Waals surface area contributed by atoms with Gasteiger partial charge < -0.3 is 9.29 Å². The van der Waals surface area contributed by atoms with E-state index in [9.17, 15) is 13.0 Å². The standard InChI is InChI=1S/C9H10F2O3S/c1-15(12,13)6-7-3-2-4-8(5-7)14-9(10)11/h2-6,9H,1H3,(H,12,13). The van der Waals surface area contributed by atoms with E-state index in [0.29, 0.717) is 5.56 Å². The van der Waals surface area contributed by atoms with Crippen molar-refractivity contribution >= 4 is 15.2 Å². The monoisotopic (exact) mass is 236 g/mol. The summed E-state index contributed by atoms with van der Waals surface area (Å²) in [6.45, 7) is -2.90. The molecule has 1 N–H and O–H groups in total. The van der Waals surface area contributed by atoms with Gasteiger partial charge in [0.05, 0.1) is 9.80 Å². The summed E-state index contributed by atoms with van der Waals surface area (Å²) >= 11 is 0. The first-order valence-corrected chi connectivity index (χ1v) is 5.97. The minimum atomic E-state index is -3.04. The van der Waals surface area contributed by atoms with E-state index in [1.807, 2.05) is 0 Å². The van der Waals surface area contributed by atoms with Gasteiger partial charge in [-0.1, -0.05) is 12.1 Å². The quantitative estimate of drug-likeness (QED) is 0.814. The Morgan fingerprint density at radius 2 is 2.20 bits per heavy atom. The van der Waals surface area contributed by atoms with Crippen LogP contribution in [0, 0.1) is 0 Å². The highest BCUT2D eigenvalue weighted by atomic mass is 32.2. The van der Waals surface area contributed by atoms with Gasteiger partial charge in [0.15, 0.2) is 0 Å². The average Bonchev–Trinajstić information content (AvgIpc) is 1.99. The summed E-state index contributed by atoms with van der Waals surface area (Å²) in [6.07, 6.45) is 1.13. The number of benzene rings is 1. The molecule has 1 aromatic rings. The van der Waals surface area contributed by atoms with Crippen molar-refractivity contribution in [2.24, 2.45) is 0 Å². The van der Waals surface area contributed by atoms with Crippen LogP contribution in [-0.2, 0) is 9.80 Å². The molecule has 0 radical (unpaired) electrons. The molecule has 0 heterocycles. The topological polar surface area (TPSA) is 46.5 Å². The number of hydrogen-bond donors (Lipinski definition) is 1. The van der Waals surface area contributed by atoms with E-state index in [1.54, 1.807) is 0 Å². The summed E-state index contributed by atoms with van der Waals surface area (Å²) < 4.78 is 47.9. The van der Waals surface area contributed by atoms with E-state index >= 15 is 0 Å². The summed E-state index contributed by atoms with van der Waals surface area (Å²) in [7, 11) is -3.04. The van der Waals surface area contributed by atoms with Crippen molar-refractivity contribution in [3.63, 3.8) is 0 Å². The first-order chi connectivity index (χ1) is 6.87. The Kier molecular flexibility index (Phi) is 3.65. The molecule has 0 amide bonds. The maximum atomic E-state index is 11.9. The number of halogens is 2. The zero-order valence-corrected chi connectivity index (χ0v) is 8.71. The molecule has 1 atom stereocenters. The van der Waals surface area contributed by atoms with Crippen molar-refractivity contribution in [1.29, 1.82) is 0 Å². The second-order valence-electron chi connectivity index (χ2n) is 2.93. The Morgan fingerprint density at radius 3 is 2.73 bits per heavy atom. The maximum Gasteiger partial charge on any atom is 0.387 e. The Morgan fingerprint density at radius 1 is 1.53 bits per heavy atom. The summed E-state index contributed by atoms with van der Waals surface area (Å²) in [4.78, 5) is 0. The van der Waals surface area contributed by atoms with E-state index in [-0.39, 0.29) is 5.75 Å². The molecule has 0 spiro atoms. The van der Waals surface area contributed by atoms with Crippen molar-refractivity contribution in [1.82, 2.24) is 0 Å². The molecule has 1 aromatic carbocycles. The normalized spacial score (nSPS) is 14.7. The summed E-state index contributed by atoms with van der Waals surface area (Å²) in [5.74, 6) is -0.0394. The van der Waals surface area contributed by atoms with Crippen LogP contribution in [0.3, 0.4) is 0 Å². The maximum absolute atomic E-state index is 11.9. The molecular formula is C9H10F2O3S. The van der Waals surface area contributed by atoms with Crippen molar-refractivity contribution < 1.29 is 22.3 Å². The van der Waals surface area contributed by atoms with Crippen LogP contribution in [-0.4, -0.2) is 27.0 Å². The highest BCUT2D eigenvalue weighted by Gasteiger charge is 2.04. The average molecular weight is 236 g/mol. The third kappa shape index (κ3) is 4.75. The lowest BCUT2D eigenvalue weighted by Crippen LogP contribution is -2.03. The third-order valence-electron chi connectivity index (χ3n) is 1.44. The lowest BCUT2D eigenvalue weighted by atomic mass is 10.2. The minimum absolute atomic E-state index is 0.0394. The molecule has 0 aliphatic carbocycles. The Bertz CT molecular complexity index is 442. The predicted octanol–water partition coefficient (Wildman–Crippen LogP) is 1.83. The fourth-order valence-corrected chi connectivity index (χ4v) is 1.67. The van der Waals surface area contributed by atoms with Gasteiger partial charge in [0, 0.05) is 11.6 Å². The predicted molar refractivity (Wildman–Crippen MR) is 54.9 cm³/mol. The molecule has 84 valence electrons. The molecule has 0 bridgehead atoms. The first-order valence-electron chi connectivity index (χ1n) is 3.98. The molecule has 0 saturated carbocycles. The van der Waals surface area contributed by atoms with Gasteiger partial charge in [0.25, 0.3) is 0 Å². The summed E-state index contributed by atoms with van der Waals surface area (Å²) in [5.41, 5.74) is 0.364. The number of rotatable bonds is 3. The molecule has 0 saturated heterocycles. The van der Waals surface area contributed by atoms with Crippen LogP contribution in [0.1, 0.15) is 5.56 Å². The molecule has 0 fully saturated rings.